The summed E-state index contributed by atoms with van der Waals surface area (Å²) in [4.78, 5) is 40.6. The number of ether oxygens (including phenoxy) is 1. The molecule has 0 saturated carbocycles. The number of carboxylic acid groups (broad SMARTS) is 1. The Balaban J connectivity index is 1.91. The second-order valence-corrected chi connectivity index (χ2v) is 6.57. The number of hydrogen-bond acceptors (Lipinski definition) is 4. The highest BCUT2D eigenvalue weighted by Crippen LogP contribution is 2.31. The lowest BCUT2D eigenvalue weighted by molar-refractivity contribution is -0.155. The number of methoxy groups -OCH3 is 1. The van der Waals surface area contributed by atoms with Crippen LogP contribution in [0.3, 0.4) is 0 Å². The number of carboxylic acids is 1. The monoisotopic (exact) mass is 347 g/mol. The fourth-order valence-corrected chi connectivity index (χ4v) is 3.47. The highest BCUT2D eigenvalue weighted by atomic mass is 16.5. The van der Waals surface area contributed by atoms with Gasteiger partial charge in [-0.25, -0.2) is 4.79 Å². The van der Waals surface area contributed by atoms with Crippen molar-refractivity contribution in [1.29, 1.82) is 0 Å². The lowest BCUT2D eigenvalue weighted by Gasteiger charge is -2.39. The molecule has 1 aromatic heterocycles. The average molecular weight is 347 g/mol. The summed E-state index contributed by atoms with van der Waals surface area (Å²) in [6.45, 7) is 0.679. The third kappa shape index (κ3) is 2.93. The van der Waals surface area contributed by atoms with E-state index < -0.39 is 11.4 Å². The minimum absolute atomic E-state index is 0.0669. The summed E-state index contributed by atoms with van der Waals surface area (Å²) in [7, 11) is 3.09. The van der Waals surface area contributed by atoms with E-state index in [2.05, 4.69) is 4.98 Å². The van der Waals surface area contributed by atoms with E-state index in [1.807, 2.05) is 0 Å². The second-order valence-electron chi connectivity index (χ2n) is 6.57. The van der Waals surface area contributed by atoms with Crippen LogP contribution in [0.5, 0.6) is 0 Å². The normalized spacial score (nSPS) is 20.8. The number of carbonyl (C=O) groups is 2. The highest BCUT2D eigenvalue weighted by Gasteiger charge is 2.44. The van der Waals surface area contributed by atoms with Gasteiger partial charge in [0.15, 0.2) is 0 Å². The lowest BCUT2D eigenvalue weighted by Crippen LogP contribution is -2.52. The van der Waals surface area contributed by atoms with E-state index in [1.54, 1.807) is 30.1 Å². The van der Waals surface area contributed by atoms with Crippen LogP contribution in [0.2, 0.25) is 0 Å². The number of piperidine rings is 1. The number of aryl methyl sites for hydroxylation is 1. The standard InChI is InChI=1S/C17H21N3O5/c1-19-13-8-11(4-5-12(13)18-16(19)24)14(21)20-7-3-6-17(9-20,10-25-2)15(22)23/h4-5,8H,3,6-7,9-10H2,1-2H3,(H,18,24)(H,22,23). The van der Waals surface area contributed by atoms with Gasteiger partial charge in [-0.3, -0.25) is 14.2 Å². The number of aromatic nitrogens is 2. The molecule has 8 heteroatoms. The molecule has 134 valence electrons. The molecule has 0 bridgehead atoms. The Hall–Kier alpha value is -2.61. The topological polar surface area (TPSA) is 105 Å². The molecule has 1 aliphatic rings. The molecule has 0 radical (unpaired) electrons. The first-order chi connectivity index (χ1) is 11.9. The Labute approximate surface area is 144 Å². The first-order valence-corrected chi connectivity index (χ1v) is 8.08. The van der Waals surface area contributed by atoms with Crippen LogP contribution in [0.15, 0.2) is 23.0 Å². The zero-order valence-electron chi connectivity index (χ0n) is 14.2. The number of hydrogen-bond donors (Lipinski definition) is 2. The van der Waals surface area contributed by atoms with Gasteiger partial charge in [-0.15, -0.1) is 0 Å². The Morgan fingerprint density at radius 2 is 2.16 bits per heavy atom. The predicted octanol–water partition coefficient (Wildman–Crippen LogP) is 0.820. The molecule has 2 aromatic rings. The van der Waals surface area contributed by atoms with E-state index in [0.29, 0.717) is 36.0 Å². The molecular weight excluding hydrogens is 326 g/mol. The quantitative estimate of drug-likeness (QED) is 0.852. The molecule has 2 heterocycles. The molecule has 3 rings (SSSR count). The maximum Gasteiger partial charge on any atom is 0.326 e. The largest absolute Gasteiger partial charge is 0.481 e. The molecule has 1 aliphatic heterocycles. The number of carbonyl (C=O) groups excluding carboxylic acids is 1. The molecule has 1 atom stereocenters. The predicted molar refractivity (Wildman–Crippen MR) is 90.6 cm³/mol. The van der Waals surface area contributed by atoms with Crippen LogP contribution in [0, 0.1) is 5.41 Å². The lowest BCUT2D eigenvalue weighted by atomic mass is 9.80. The summed E-state index contributed by atoms with van der Waals surface area (Å²) in [5.74, 6) is -1.19. The smallest absolute Gasteiger partial charge is 0.326 e. The number of rotatable bonds is 4. The molecule has 2 N–H and O–H groups in total. The Bertz CT molecular complexity index is 880. The van der Waals surface area contributed by atoms with Gasteiger partial charge >= 0.3 is 11.7 Å². The summed E-state index contributed by atoms with van der Waals surface area (Å²) >= 11 is 0. The molecule has 25 heavy (non-hydrogen) atoms. The van der Waals surface area contributed by atoms with Crippen LogP contribution in [0.1, 0.15) is 23.2 Å². The van der Waals surface area contributed by atoms with E-state index in [1.165, 1.54) is 11.7 Å². The number of likely N-dealkylation sites (tertiary alicyclic amines) is 1. The molecule has 1 unspecified atom stereocenters. The molecule has 1 amide bonds. The summed E-state index contributed by atoms with van der Waals surface area (Å²) < 4.78 is 6.53. The highest BCUT2D eigenvalue weighted by molar-refractivity contribution is 5.97. The molecule has 0 spiro atoms. The number of H-pyrrole nitrogens is 1. The SMILES string of the molecule is COCC1(C(=O)O)CCCN(C(=O)c2ccc3[nH]c(=O)n(C)c3c2)C1. The first kappa shape index (κ1) is 17.2. The van der Waals surface area contributed by atoms with Gasteiger partial charge in [0, 0.05) is 32.8 Å². The van der Waals surface area contributed by atoms with E-state index in [-0.39, 0.29) is 24.7 Å². The minimum atomic E-state index is -1.08. The van der Waals surface area contributed by atoms with Crippen molar-refractivity contribution in [2.45, 2.75) is 12.8 Å². The van der Waals surface area contributed by atoms with Crippen LogP contribution in [0.25, 0.3) is 11.0 Å². The second kappa shape index (κ2) is 6.36. The van der Waals surface area contributed by atoms with Crippen molar-refractivity contribution in [3.05, 3.63) is 34.2 Å². The van der Waals surface area contributed by atoms with Gasteiger partial charge in [-0.2, -0.15) is 0 Å². The van der Waals surface area contributed by atoms with Gasteiger partial charge in [-0.1, -0.05) is 0 Å². The number of nitrogens with one attached hydrogen (secondary N) is 1. The van der Waals surface area contributed by atoms with Crippen molar-refractivity contribution in [1.82, 2.24) is 14.5 Å². The van der Waals surface area contributed by atoms with Gasteiger partial charge in [0.25, 0.3) is 5.91 Å². The number of benzene rings is 1. The van der Waals surface area contributed by atoms with Crippen LogP contribution in [0.4, 0.5) is 0 Å². The molecule has 1 fully saturated rings. The summed E-state index contributed by atoms with van der Waals surface area (Å²) in [5, 5.41) is 9.61. The van der Waals surface area contributed by atoms with E-state index in [0.717, 1.165) is 0 Å². The summed E-state index contributed by atoms with van der Waals surface area (Å²) in [6, 6.07) is 4.99. The van der Waals surface area contributed by atoms with Crippen molar-refractivity contribution in [3.8, 4) is 0 Å². The van der Waals surface area contributed by atoms with Gasteiger partial charge in [0.05, 0.1) is 17.6 Å². The average Bonchev–Trinajstić information content (AvgIpc) is 2.88. The fraction of sp³-hybridized carbons (Fsp3) is 0.471. The number of imidazole rings is 1. The number of fused-ring (bicyclic) bond motifs is 1. The van der Waals surface area contributed by atoms with E-state index in [9.17, 15) is 19.5 Å². The Morgan fingerprint density at radius 1 is 1.40 bits per heavy atom. The number of amides is 1. The fourth-order valence-electron chi connectivity index (χ4n) is 3.47. The van der Waals surface area contributed by atoms with Gasteiger partial charge in [-0.05, 0) is 31.0 Å². The number of nitrogens with zero attached hydrogens (tertiary/aromatic N) is 2. The summed E-state index contributed by atoms with van der Waals surface area (Å²) in [6.07, 6.45) is 1.08. The van der Waals surface area contributed by atoms with E-state index >= 15 is 0 Å². The van der Waals surface area contributed by atoms with Gasteiger partial charge in [0.2, 0.25) is 0 Å². The zero-order chi connectivity index (χ0) is 18.2. The third-order valence-electron chi connectivity index (χ3n) is 4.89. The molecule has 1 aromatic carbocycles. The molecular formula is C17H21N3O5. The maximum absolute atomic E-state index is 12.9. The zero-order valence-corrected chi connectivity index (χ0v) is 14.2. The van der Waals surface area contributed by atoms with Gasteiger partial charge in [0.1, 0.15) is 5.41 Å². The maximum atomic E-state index is 12.9. The van der Waals surface area contributed by atoms with Crippen molar-refractivity contribution < 1.29 is 19.4 Å². The minimum Gasteiger partial charge on any atom is -0.481 e. The van der Waals surface area contributed by atoms with Crippen LogP contribution in [-0.4, -0.2) is 58.2 Å². The molecule has 0 aliphatic carbocycles. The summed E-state index contributed by atoms with van der Waals surface area (Å²) in [5.41, 5.74) is 0.396. The molecule has 1 saturated heterocycles. The Morgan fingerprint density at radius 3 is 2.84 bits per heavy atom. The van der Waals surface area contributed by atoms with Crippen LogP contribution in [-0.2, 0) is 16.6 Å². The first-order valence-electron chi connectivity index (χ1n) is 8.08. The van der Waals surface area contributed by atoms with Crippen molar-refractivity contribution in [3.63, 3.8) is 0 Å². The van der Waals surface area contributed by atoms with Crippen LogP contribution < -0.4 is 5.69 Å². The third-order valence-corrected chi connectivity index (χ3v) is 4.89. The van der Waals surface area contributed by atoms with E-state index in [4.69, 9.17) is 4.74 Å². The number of aliphatic carboxylic acids is 1. The number of aromatic amines is 1. The Kier molecular flexibility index (Phi) is 4.38. The van der Waals surface area contributed by atoms with Crippen molar-refractivity contribution in [2.24, 2.45) is 12.5 Å². The molecule has 8 nitrogen and oxygen atoms in total. The van der Waals surface area contributed by atoms with Crippen LogP contribution >= 0.6 is 0 Å². The van der Waals surface area contributed by atoms with Crippen molar-refractivity contribution >= 4 is 22.9 Å². The van der Waals surface area contributed by atoms with Crippen molar-refractivity contribution in [2.75, 3.05) is 26.8 Å². The van der Waals surface area contributed by atoms with Gasteiger partial charge < -0.3 is 19.7 Å².